The zero-order chi connectivity index (χ0) is 13.7. The number of amides is 1. The third-order valence-corrected chi connectivity index (χ3v) is 3.58. The van der Waals surface area contributed by atoms with Gasteiger partial charge in [0, 0.05) is 5.02 Å². The van der Waals surface area contributed by atoms with Crippen LogP contribution in [-0.4, -0.2) is 29.8 Å². The number of aliphatic hydroxyl groups is 1. The van der Waals surface area contributed by atoms with Crippen LogP contribution in [0.1, 0.15) is 25.7 Å². The molecule has 0 unspecified atom stereocenters. The molecule has 0 saturated heterocycles. The van der Waals surface area contributed by atoms with Crippen LogP contribution in [0.25, 0.3) is 0 Å². The Hall–Kier alpha value is -1.26. The van der Waals surface area contributed by atoms with Crippen molar-refractivity contribution in [2.45, 2.75) is 31.3 Å². The molecule has 0 aliphatic heterocycles. The van der Waals surface area contributed by atoms with Gasteiger partial charge < -0.3 is 15.2 Å². The van der Waals surface area contributed by atoms with Gasteiger partial charge in [0.25, 0.3) is 5.91 Å². The average molecular weight is 284 g/mol. The molecule has 0 heterocycles. The smallest absolute Gasteiger partial charge is 0.252 e. The second kappa shape index (κ2) is 6.26. The lowest BCUT2D eigenvalue weighted by Crippen LogP contribution is -2.45. The maximum atomic E-state index is 11.8. The molecule has 2 rings (SSSR count). The fraction of sp³-hybridized carbons (Fsp3) is 0.500. The van der Waals surface area contributed by atoms with Crippen molar-refractivity contribution in [3.05, 3.63) is 29.3 Å². The van der Waals surface area contributed by atoms with Crippen molar-refractivity contribution in [2.24, 2.45) is 0 Å². The number of rotatable bonds is 5. The summed E-state index contributed by atoms with van der Waals surface area (Å²) in [6.07, 6.45) is 2.92. The maximum Gasteiger partial charge on any atom is 0.252 e. The summed E-state index contributed by atoms with van der Waals surface area (Å²) < 4.78 is 5.45. The van der Waals surface area contributed by atoms with E-state index in [2.05, 4.69) is 5.32 Å². The molecular weight excluding hydrogens is 266 g/mol. The fourth-order valence-electron chi connectivity index (χ4n) is 2.22. The van der Waals surface area contributed by atoms with E-state index in [-0.39, 0.29) is 5.91 Å². The summed E-state index contributed by atoms with van der Waals surface area (Å²) in [5.74, 6) is 0.419. The first-order valence-electron chi connectivity index (χ1n) is 6.49. The Morgan fingerprint density at radius 2 is 1.95 bits per heavy atom. The third kappa shape index (κ3) is 3.85. The number of benzene rings is 1. The fourth-order valence-corrected chi connectivity index (χ4v) is 2.34. The number of ether oxygens (including phenoxy) is 1. The predicted octanol–water partition coefficient (Wildman–Crippen LogP) is 2.14. The lowest BCUT2D eigenvalue weighted by atomic mass is 10.0. The van der Waals surface area contributed by atoms with Crippen molar-refractivity contribution < 1.29 is 14.6 Å². The third-order valence-electron chi connectivity index (χ3n) is 3.32. The molecule has 0 radical (unpaired) electrons. The van der Waals surface area contributed by atoms with Crippen molar-refractivity contribution in [1.82, 2.24) is 5.32 Å². The highest BCUT2D eigenvalue weighted by Crippen LogP contribution is 2.29. The van der Waals surface area contributed by atoms with Gasteiger partial charge in [-0.25, -0.2) is 0 Å². The number of nitrogens with one attached hydrogen (secondary N) is 1. The first-order valence-corrected chi connectivity index (χ1v) is 6.87. The van der Waals surface area contributed by atoms with Crippen molar-refractivity contribution >= 4 is 17.5 Å². The van der Waals surface area contributed by atoms with Gasteiger partial charge in [-0.15, -0.1) is 0 Å². The molecule has 4 nitrogen and oxygen atoms in total. The topological polar surface area (TPSA) is 58.6 Å². The van der Waals surface area contributed by atoms with E-state index >= 15 is 0 Å². The number of halogens is 1. The van der Waals surface area contributed by atoms with Gasteiger partial charge in [-0.05, 0) is 49.9 Å². The molecule has 19 heavy (non-hydrogen) atoms. The van der Waals surface area contributed by atoms with E-state index in [0.29, 0.717) is 36.8 Å². The molecule has 104 valence electrons. The summed E-state index contributed by atoms with van der Waals surface area (Å²) in [6, 6.07) is 7.04. The molecule has 1 aliphatic rings. The molecule has 0 bridgehead atoms. The molecule has 1 aliphatic carbocycles. The number of hydrogen-bond donors (Lipinski definition) is 2. The molecule has 1 aromatic carbocycles. The van der Waals surface area contributed by atoms with Gasteiger partial charge in [0.05, 0.1) is 6.54 Å². The van der Waals surface area contributed by atoms with Crippen LogP contribution in [0.2, 0.25) is 5.02 Å². The number of hydrogen-bond acceptors (Lipinski definition) is 3. The van der Waals surface area contributed by atoms with Crippen molar-refractivity contribution in [2.75, 3.05) is 13.2 Å². The Morgan fingerprint density at radius 1 is 1.32 bits per heavy atom. The first-order chi connectivity index (χ1) is 9.10. The zero-order valence-electron chi connectivity index (χ0n) is 10.7. The van der Waals surface area contributed by atoms with E-state index in [9.17, 15) is 9.90 Å². The molecular formula is C14H18ClNO3. The molecule has 0 atom stereocenters. The molecule has 0 aromatic heterocycles. The van der Waals surface area contributed by atoms with Crippen LogP contribution < -0.4 is 10.1 Å². The van der Waals surface area contributed by atoms with Gasteiger partial charge in [0.1, 0.15) is 18.0 Å². The number of carbonyl (C=O) groups excluding carboxylic acids is 1. The lowest BCUT2D eigenvalue weighted by molar-refractivity contribution is -0.139. The minimum atomic E-state index is -1.17. The Bertz CT molecular complexity index is 427. The second-order valence-corrected chi connectivity index (χ2v) is 5.23. The summed E-state index contributed by atoms with van der Waals surface area (Å²) in [6.45, 7) is 0.743. The van der Waals surface area contributed by atoms with Gasteiger partial charge in [0.2, 0.25) is 0 Å². The molecule has 2 N–H and O–H groups in total. The molecule has 1 saturated carbocycles. The Morgan fingerprint density at radius 3 is 2.58 bits per heavy atom. The monoisotopic (exact) mass is 283 g/mol. The molecule has 1 fully saturated rings. The van der Waals surface area contributed by atoms with Crippen LogP contribution in [0.5, 0.6) is 5.75 Å². The van der Waals surface area contributed by atoms with Crippen molar-refractivity contribution in [3.63, 3.8) is 0 Å². The van der Waals surface area contributed by atoms with Crippen LogP contribution in [-0.2, 0) is 4.79 Å². The second-order valence-electron chi connectivity index (χ2n) is 4.80. The van der Waals surface area contributed by atoms with Gasteiger partial charge in [-0.3, -0.25) is 4.79 Å². The standard InChI is InChI=1S/C14H18ClNO3/c15-11-3-5-12(6-4-11)19-10-9-16-13(17)14(18)7-1-2-8-14/h3-6,18H,1-2,7-10H2,(H,16,17). The normalized spacial score (nSPS) is 17.2. The maximum absolute atomic E-state index is 11.8. The van der Waals surface area contributed by atoms with Crippen LogP contribution >= 0.6 is 11.6 Å². The van der Waals surface area contributed by atoms with Crippen LogP contribution in [0, 0.1) is 0 Å². The highest BCUT2D eigenvalue weighted by molar-refractivity contribution is 6.30. The minimum Gasteiger partial charge on any atom is -0.492 e. The SMILES string of the molecule is O=C(NCCOc1ccc(Cl)cc1)C1(O)CCCC1. The molecule has 5 heteroatoms. The summed E-state index contributed by atoms with van der Waals surface area (Å²) in [7, 11) is 0. The van der Waals surface area contributed by atoms with Crippen molar-refractivity contribution in [1.29, 1.82) is 0 Å². The minimum absolute atomic E-state index is 0.287. The lowest BCUT2D eigenvalue weighted by Gasteiger charge is -2.20. The van der Waals surface area contributed by atoms with E-state index in [1.807, 2.05) is 0 Å². The van der Waals surface area contributed by atoms with Crippen molar-refractivity contribution in [3.8, 4) is 5.75 Å². The van der Waals surface area contributed by atoms with E-state index < -0.39 is 5.60 Å². The van der Waals surface area contributed by atoms with Gasteiger partial charge in [0.15, 0.2) is 0 Å². The van der Waals surface area contributed by atoms with E-state index in [1.165, 1.54) is 0 Å². The van der Waals surface area contributed by atoms with E-state index in [0.717, 1.165) is 12.8 Å². The van der Waals surface area contributed by atoms with Gasteiger partial charge >= 0.3 is 0 Å². The Balaban J connectivity index is 1.69. The van der Waals surface area contributed by atoms with Crippen LogP contribution in [0.3, 0.4) is 0 Å². The molecule has 0 spiro atoms. The largest absolute Gasteiger partial charge is 0.492 e. The average Bonchev–Trinajstić information content (AvgIpc) is 2.85. The quantitative estimate of drug-likeness (QED) is 0.814. The summed E-state index contributed by atoms with van der Waals surface area (Å²) >= 11 is 5.76. The Labute approximate surface area is 117 Å². The van der Waals surface area contributed by atoms with E-state index in [1.54, 1.807) is 24.3 Å². The van der Waals surface area contributed by atoms with Gasteiger partial charge in [-0.1, -0.05) is 11.6 Å². The molecule has 1 amide bonds. The summed E-state index contributed by atoms with van der Waals surface area (Å²) in [5.41, 5.74) is -1.17. The molecule has 1 aromatic rings. The van der Waals surface area contributed by atoms with Crippen LogP contribution in [0.4, 0.5) is 0 Å². The zero-order valence-corrected chi connectivity index (χ0v) is 11.4. The first kappa shape index (κ1) is 14.2. The summed E-state index contributed by atoms with van der Waals surface area (Å²) in [4.78, 5) is 11.8. The predicted molar refractivity (Wildman–Crippen MR) is 73.4 cm³/mol. The Kier molecular flexibility index (Phi) is 4.66. The van der Waals surface area contributed by atoms with E-state index in [4.69, 9.17) is 16.3 Å². The van der Waals surface area contributed by atoms with Crippen LogP contribution in [0.15, 0.2) is 24.3 Å². The number of carbonyl (C=O) groups is 1. The highest BCUT2D eigenvalue weighted by atomic mass is 35.5. The van der Waals surface area contributed by atoms with Gasteiger partial charge in [-0.2, -0.15) is 0 Å². The highest BCUT2D eigenvalue weighted by Gasteiger charge is 2.38. The summed E-state index contributed by atoms with van der Waals surface area (Å²) in [5, 5.41) is 13.4.